The first-order valence-corrected chi connectivity index (χ1v) is 40.1. The van der Waals surface area contributed by atoms with Crippen molar-refractivity contribution in [2.24, 2.45) is 0 Å². The molecule has 9 aromatic rings. The molecule has 0 radical (unpaired) electrons. The number of hydrogen-bond donors (Lipinski definition) is 0. The summed E-state index contributed by atoms with van der Waals surface area (Å²) in [4.78, 5) is 36.4. The molecule has 108 heavy (non-hydrogen) atoms. The van der Waals surface area contributed by atoms with Crippen molar-refractivity contribution in [1.29, 1.82) is 0 Å². The molecule has 8 heterocycles. The van der Waals surface area contributed by atoms with Gasteiger partial charge in [-0.15, -0.1) is 0 Å². The van der Waals surface area contributed by atoms with Crippen LogP contribution >= 0.6 is 0 Å². The summed E-state index contributed by atoms with van der Waals surface area (Å²) in [5, 5.41) is 15.3. The molecule has 0 bridgehead atoms. The summed E-state index contributed by atoms with van der Waals surface area (Å²) in [5.74, 6) is 0.898. The van der Waals surface area contributed by atoms with Gasteiger partial charge in [0, 0.05) is 107 Å². The number of hydrogen-bond acceptors (Lipinski definition) is 13. The molecule has 0 atom stereocenters. The second kappa shape index (κ2) is 68.3. The molecular weight excluding hydrogens is 1320 g/mol. The van der Waals surface area contributed by atoms with E-state index < -0.39 is 0 Å². The van der Waals surface area contributed by atoms with Crippen molar-refractivity contribution in [3.63, 3.8) is 0 Å². The van der Waals surface area contributed by atoms with Crippen LogP contribution in [-0.2, 0) is 48.7 Å². The SMILES string of the molecule is CC.CC.CC.CC.CC.CC.CC.CC.CC.CC(C)(C)c1ccccc1.CC(C)(C)c1ccccn1.CC(C)(C)c1cccnc1.CC(C)(C)c1cccnn1.CC(C)(C)c1ccncc1.CC(C)(C)c1ccncn1.CC(C)(C)c1ccnnc1.CC(C)(C)c1cncnc1.CC(C)(C)c1ncccn1. The van der Waals surface area contributed by atoms with E-state index in [1.807, 2.05) is 210 Å². The number of pyridine rings is 3. The summed E-state index contributed by atoms with van der Waals surface area (Å²) in [6.07, 6.45) is 26.6. The Morgan fingerprint density at radius 2 is 0.537 bits per heavy atom. The Hall–Kier alpha value is -7.93. The first-order valence-electron chi connectivity index (χ1n) is 40.1. The van der Waals surface area contributed by atoms with Crippen LogP contribution in [0.3, 0.4) is 0 Å². The molecule has 0 unspecified atom stereocenters. The van der Waals surface area contributed by atoms with Gasteiger partial charge in [-0.25, -0.2) is 29.9 Å². The molecule has 0 spiro atoms. The fourth-order valence-electron chi connectivity index (χ4n) is 6.95. The van der Waals surface area contributed by atoms with Crippen LogP contribution in [-0.4, -0.2) is 65.3 Å². The zero-order valence-corrected chi connectivity index (χ0v) is 78.3. The van der Waals surface area contributed by atoms with E-state index in [9.17, 15) is 0 Å². The predicted molar refractivity (Wildman–Crippen MR) is 480 cm³/mol. The summed E-state index contributed by atoms with van der Waals surface area (Å²) in [6, 6.07) is 34.4. The molecule has 13 heteroatoms. The van der Waals surface area contributed by atoms with Crippen LogP contribution in [0.25, 0.3) is 0 Å². The lowest BCUT2D eigenvalue weighted by atomic mass is 9.87. The zero-order chi connectivity index (χ0) is 86.5. The van der Waals surface area contributed by atoms with Crippen LogP contribution in [0.4, 0.5) is 0 Å². The van der Waals surface area contributed by atoms with Crippen LogP contribution in [0.1, 0.15) is 362 Å². The third kappa shape index (κ3) is 66.3. The minimum absolute atomic E-state index is 0.0707. The van der Waals surface area contributed by atoms with Crippen molar-refractivity contribution >= 4 is 0 Å². The van der Waals surface area contributed by atoms with Gasteiger partial charge in [0.25, 0.3) is 0 Å². The fourth-order valence-corrected chi connectivity index (χ4v) is 6.95. The number of rotatable bonds is 0. The summed E-state index contributed by atoms with van der Waals surface area (Å²) in [5.41, 5.74) is 11.3. The third-order valence-electron chi connectivity index (χ3n) is 13.0. The molecule has 1 aromatic carbocycles. The molecule has 0 aliphatic carbocycles. The highest BCUT2D eigenvalue weighted by Crippen LogP contribution is 2.25. The van der Waals surface area contributed by atoms with Crippen molar-refractivity contribution in [2.75, 3.05) is 0 Å². The smallest absolute Gasteiger partial charge is 0.133 e. The summed E-state index contributed by atoms with van der Waals surface area (Å²) in [7, 11) is 0. The van der Waals surface area contributed by atoms with Crippen LogP contribution in [0, 0.1) is 0 Å². The second-order valence-corrected chi connectivity index (χ2v) is 30.8. The molecule has 13 nitrogen and oxygen atoms in total. The average Bonchev–Trinajstić information content (AvgIpc) is 0.972. The van der Waals surface area contributed by atoms with Crippen molar-refractivity contribution in [3.8, 4) is 0 Å². The lowest BCUT2D eigenvalue weighted by Crippen LogP contribution is -2.14. The van der Waals surface area contributed by atoms with Gasteiger partial charge in [-0.2, -0.15) is 20.4 Å². The lowest BCUT2D eigenvalue weighted by Gasteiger charge is -2.18. The van der Waals surface area contributed by atoms with Gasteiger partial charge in [0.1, 0.15) is 18.5 Å². The second-order valence-electron chi connectivity index (χ2n) is 30.8. The molecule has 0 fully saturated rings. The Morgan fingerprint density at radius 1 is 0.185 bits per heavy atom. The maximum absolute atomic E-state index is 4.25. The van der Waals surface area contributed by atoms with E-state index in [4.69, 9.17) is 0 Å². The van der Waals surface area contributed by atoms with E-state index in [-0.39, 0.29) is 43.3 Å². The Labute approximate surface area is 668 Å². The number of nitrogens with zero attached hydrogens (tertiary/aromatic N) is 13. The van der Waals surface area contributed by atoms with Crippen LogP contribution in [0.5, 0.6) is 0 Å². The topological polar surface area (TPSA) is 168 Å². The highest BCUT2D eigenvalue weighted by atomic mass is 15.1. The number of aromatic nitrogens is 13. The Bertz CT molecular complexity index is 2480. The maximum Gasteiger partial charge on any atom is 0.133 e. The fraction of sp³-hybridized carbons (Fsp3) is 0.568. The Kier molecular flexibility index (Phi) is 74.9. The van der Waals surface area contributed by atoms with Gasteiger partial charge in [0.2, 0.25) is 0 Å². The van der Waals surface area contributed by atoms with Gasteiger partial charge >= 0.3 is 0 Å². The molecule has 8 aromatic heterocycles. The zero-order valence-electron chi connectivity index (χ0n) is 78.3. The van der Waals surface area contributed by atoms with Crippen LogP contribution < -0.4 is 0 Å². The predicted octanol–water partition coefficient (Wildman–Crippen LogP) is 28.2. The number of benzene rings is 1. The van der Waals surface area contributed by atoms with E-state index in [1.165, 1.54) is 27.8 Å². The maximum atomic E-state index is 4.25. The Morgan fingerprint density at radius 3 is 0.787 bits per heavy atom. The van der Waals surface area contributed by atoms with Crippen LogP contribution in [0.2, 0.25) is 0 Å². The summed E-state index contributed by atoms with van der Waals surface area (Å²) < 4.78 is 0. The first-order chi connectivity index (χ1) is 50.4. The molecular formula is C95H167N13. The van der Waals surface area contributed by atoms with Gasteiger partial charge in [-0.1, -0.05) is 354 Å². The van der Waals surface area contributed by atoms with Crippen LogP contribution in [0.15, 0.2) is 196 Å². The highest BCUT2D eigenvalue weighted by Gasteiger charge is 2.19. The minimum Gasteiger partial charge on any atom is -0.265 e. The van der Waals surface area contributed by atoms with E-state index >= 15 is 0 Å². The van der Waals surface area contributed by atoms with Crippen molar-refractivity contribution in [3.05, 3.63) is 247 Å². The molecule has 0 saturated carbocycles. The van der Waals surface area contributed by atoms with Gasteiger partial charge in [0.15, 0.2) is 0 Å². The van der Waals surface area contributed by atoms with Crippen molar-refractivity contribution in [2.45, 2.75) is 360 Å². The van der Waals surface area contributed by atoms with Gasteiger partial charge < -0.3 is 0 Å². The van der Waals surface area contributed by atoms with Gasteiger partial charge in [-0.05, 0) is 116 Å². The van der Waals surface area contributed by atoms with Gasteiger partial charge in [-0.3, -0.25) is 15.0 Å². The quantitative estimate of drug-likeness (QED) is 0.141. The van der Waals surface area contributed by atoms with Gasteiger partial charge in [0.05, 0.1) is 11.9 Å². The van der Waals surface area contributed by atoms with E-state index in [0.717, 1.165) is 22.9 Å². The molecule has 0 N–H and O–H groups in total. The Balaban J connectivity index is -0.000000142. The largest absolute Gasteiger partial charge is 0.265 e. The lowest BCUT2D eigenvalue weighted by molar-refractivity contribution is 0.545. The van der Waals surface area contributed by atoms with E-state index in [2.05, 4.69) is 307 Å². The summed E-state index contributed by atoms with van der Waals surface area (Å²) >= 11 is 0. The standard InChI is InChI=1S/C10H14.3C9H13N.5C8H12N2.9C2H6/c1-10(2,3)9-7-5-4-6-8-9;1-9(2,3)8-4-6-10-7-5-8;1-9(2,3)8-5-4-6-10-7-8;1-9(2,3)8-6-4-5-7-10-8;1-8(2,3)7-4-9-6-10-5-7;1-8(2,3)7-4-5-9-6-10-7;1-8(2,3)7-4-5-9-10-6-7;1-8(2,3)7-9-5-4-6-10-7;1-8(2,3)7-5-4-6-9-10-7;9*1-2/h4-8H,1-3H3;3*4-7H,1-3H3;5*4-6H,1-3H3;9*1-2H3. The molecule has 0 aliphatic rings. The molecule has 0 aliphatic heterocycles. The average molecular weight is 1490 g/mol. The molecule has 0 amide bonds. The normalized spacial score (nSPS) is 10.1. The summed E-state index contributed by atoms with van der Waals surface area (Å²) in [6.45, 7) is 94.3. The van der Waals surface area contributed by atoms with Crippen molar-refractivity contribution in [1.82, 2.24) is 65.3 Å². The monoisotopic (exact) mass is 1490 g/mol. The first kappa shape index (κ1) is 118. The third-order valence-corrected chi connectivity index (χ3v) is 13.0. The molecule has 0 saturated heterocycles. The van der Waals surface area contributed by atoms with E-state index in [1.54, 1.807) is 56.0 Å². The minimum atomic E-state index is 0.0707. The molecule has 9 rings (SSSR count). The molecule has 612 valence electrons. The van der Waals surface area contributed by atoms with E-state index in [0.29, 0.717) is 5.41 Å². The van der Waals surface area contributed by atoms with Crippen molar-refractivity contribution < 1.29 is 0 Å². The highest BCUT2D eigenvalue weighted by molar-refractivity contribution is 5.23.